The highest BCUT2D eigenvalue weighted by molar-refractivity contribution is 7.98. The van der Waals surface area contributed by atoms with Crippen LogP contribution in [0.4, 0.5) is 5.82 Å². The summed E-state index contributed by atoms with van der Waals surface area (Å²) in [5.74, 6) is 1.82. The Labute approximate surface area is 117 Å². The molecule has 0 unspecified atom stereocenters. The molecule has 0 atom stereocenters. The molecule has 1 N–H and O–H groups in total. The van der Waals surface area contributed by atoms with E-state index in [0.29, 0.717) is 0 Å². The van der Waals surface area contributed by atoms with E-state index in [4.69, 9.17) is 11.6 Å². The predicted octanol–water partition coefficient (Wildman–Crippen LogP) is 4.46. The number of benzene rings is 1. The number of hydrogen-bond donors (Lipinski definition) is 1. The van der Waals surface area contributed by atoms with Crippen LogP contribution in [0.3, 0.4) is 0 Å². The Balaban J connectivity index is 2.08. The van der Waals surface area contributed by atoms with E-state index < -0.39 is 0 Å². The lowest BCUT2D eigenvalue weighted by Gasteiger charge is -2.09. The Morgan fingerprint density at radius 1 is 1.22 bits per heavy atom. The van der Waals surface area contributed by atoms with Crippen LogP contribution in [0.15, 0.2) is 47.5 Å². The van der Waals surface area contributed by atoms with Gasteiger partial charge in [-0.05, 0) is 25.1 Å². The van der Waals surface area contributed by atoms with Gasteiger partial charge in [0.25, 0.3) is 0 Å². The van der Waals surface area contributed by atoms with Crippen molar-refractivity contribution >= 4 is 29.2 Å². The lowest BCUT2D eigenvalue weighted by molar-refractivity contribution is 1.13. The van der Waals surface area contributed by atoms with Crippen molar-refractivity contribution in [3.05, 3.63) is 53.2 Å². The number of nitrogens with one attached hydrogen (secondary N) is 1. The summed E-state index contributed by atoms with van der Waals surface area (Å²) < 4.78 is 0. The molecule has 0 saturated carbocycles. The molecule has 0 spiro atoms. The molecule has 18 heavy (non-hydrogen) atoms. The molecule has 1 heterocycles. The normalized spacial score (nSPS) is 10.3. The largest absolute Gasteiger partial charge is 0.370 e. The number of anilines is 1. The Bertz CT molecular complexity index is 517. The molecule has 0 aliphatic carbocycles. The fourth-order valence-corrected chi connectivity index (χ4v) is 2.82. The van der Waals surface area contributed by atoms with E-state index >= 15 is 0 Å². The minimum Gasteiger partial charge on any atom is -0.370 e. The second-order valence-electron chi connectivity index (χ2n) is 3.76. The summed E-state index contributed by atoms with van der Waals surface area (Å²) in [6, 6.07) is 12.0. The lowest BCUT2D eigenvalue weighted by atomic mass is 10.3. The minimum atomic E-state index is 0.802. The standard InChI is InChI=1S/C14H15ClN2S/c1-2-16-14-11(6-5-9-17-14)10-18-13-8-4-3-7-12(13)15/h3-9H,2,10H2,1H3,(H,16,17). The molecular weight excluding hydrogens is 264 g/mol. The number of hydrogen-bond acceptors (Lipinski definition) is 3. The highest BCUT2D eigenvalue weighted by Gasteiger charge is 2.05. The first-order valence-corrected chi connectivity index (χ1v) is 7.22. The lowest BCUT2D eigenvalue weighted by Crippen LogP contribution is -2.02. The summed E-state index contributed by atoms with van der Waals surface area (Å²) in [5.41, 5.74) is 1.20. The van der Waals surface area contributed by atoms with Crippen LogP contribution in [0.25, 0.3) is 0 Å². The molecule has 1 aromatic carbocycles. The van der Waals surface area contributed by atoms with Crippen LogP contribution in [0.5, 0.6) is 0 Å². The second-order valence-corrected chi connectivity index (χ2v) is 5.18. The fourth-order valence-electron chi connectivity index (χ4n) is 1.60. The Morgan fingerprint density at radius 3 is 2.83 bits per heavy atom. The molecule has 2 nitrogen and oxygen atoms in total. The van der Waals surface area contributed by atoms with Crippen LogP contribution < -0.4 is 5.32 Å². The summed E-state index contributed by atoms with van der Waals surface area (Å²) in [5, 5.41) is 4.07. The van der Waals surface area contributed by atoms with Crippen molar-refractivity contribution in [2.45, 2.75) is 17.6 Å². The van der Waals surface area contributed by atoms with Crippen LogP contribution in [0.1, 0.15) is 12.5 Å². The van der Waals surface area contributed by atoms with Gasteiger partial charge in [-0.1, -0.05) is 29.8 Å². The van der Waals surface area contributed by atoms with Gasteiger partial charge >= 0.3 is 0 Å². The number of thioether (sulfide) groups is 1. The zero-order valence-electron chi connectivity index (χ0n) is 10.2. The molecule has 4 heteroatoms. The minimum absolute atomic E-state index is 0.802. The molecule has 0 fully saturated rings. The van der Waals surface area contributed by atoms with E-state index in [0.717, 1.165) is 28.0 Å². The van der Waals surface area contributed by atoms with Gasteiger partial charge in [-0.15, -0.1) is 11.8 Å². The average Bonchev–Trinajstić information content (AvgIpc) is 2.40. The monoisotopic (exact) mass is 278 g/mol. The molecule has 2 rings (SSSR count). The van der Waals surface area contributed by atoms with E-state index in [-0.39, 0.29) is 0 Å². The van der Waals surface area contributed by atoms with E-state index in [1.54, 1.807) is 11.8 Å². The van der Waals surface area contributed by atoms with Gasteiger partial charge in [0.15, 0.2) is 0 Å². The van der Waals surface area contributed by atoms with Crippen LogP contribution in [0, 0.1) is 0 Å². The topological polar surface area (TPSA) is 24.9 Å². The van der Waals surface area contributed by atoms with E-state index in [9.17, 15) is 0 Å². The quantitative estimate of drug-likeness (QED) is 0.818. The van der Waals surface area contributed by atoms with Gasteiger partial charge in [0, 0.05) is 29.0 Å². The molecule has 0 aliphatic rings. The summed E-state index contributed by atoms with van der Waals surface area (Å²) in [4.78, 5) is 5.45. The van der Waals surface area contributed by atoms with E-state index in [1.165, 1.54) is 5.56 Å². The summed E-state index contributed by atoms with van der Waals surface area (Å²) >= 11 is 7.87. The maximum atomic E-state index is 6.14. The first kappa shape index (κ1) is 13.2. The van der Waals surface area contributed by atoms with Crippen LogP contribution in [-0.4, -0.2) is 11.5 Å². The van der Waals surface area contributed by atoms with Crippen LogP contribution in [-0.2, 0) is 5.75 Å². The third kappa shape index (κ3) is 3.40. The van der Waals surface area contributed by atoms with Crippen molar-refractivity contribution in [2.24, 2.45) is 0 Å². The Kier molecular flexibility index (Phi) is 4.90. The zero-order valence-corrected chi connectivity index (χ0v) is 11.8. The number of rotatable bonds is 5. The first-order chi connectivity index (χ1) is 8.81. The highest BCUT2D eigenvalue weighted by Crippen LogP contribution is 2.30. The van der Waals surface area contributed by atoms with Crippen molar-refractivity contribution < 1.29 is 0 Å². The SMILES string of the molecule is CCNc1ncccc1CSc1ccccc1Cl. The molecular formula is C14H15ClN2S. The highest BCUT2D eigenvalue weighted by atomic mass is 35.5. The maximum Gasteiger partial charge on any atom is 0.129 e. The van der Waals surface area contributed by atoms with Crippen molar-refractivity contribution in [3.8, 4) is 0 Å². The maximum absolute atomic E-state index is 6.14. The summed E-state index contributed by atoms with van der Waals surface area (Å²) in [6.45, 7) is 2.94. The first-order valence-electron chi connectivity index (χ1n) is 5.86. The molecule has 0 bridgehead atoms. The molecule has 0 aliphatic heterocycles. The average molecular weight is 279 g/mol. The van der Waals surface area contributed by atoms with Crippen molar-refractivity contribution in [3.63, 3.8) is 0 Å². The van der Waals surface area contributed by atoms with Gasteiger partial charge in [-0.2, -0.15) is 0 Å². The summed E-state index contributed by atoms with van der Waals surface area (Å²) in [7, 11) is 0. The van der Waals surface area contributed by atoms with Gasteiger partial charge in [-0.3, -0.25) is 0 Å². The Hall–Kier alpha value is -1.19. The zero-order chi connectivity index (χ0) is 12.8. The Morgan fingerprint density at radius 2 is 2.06 bits per heavy atom. The van der Waals surface area contributed by atoms with Gasteiger partial charge in [-0.25, -0.2) is 4.98 Å². The van der Waals surface area contributed by atoms with Crippen LogP contribution >= 0.6 is 23.4 Å². The number of aromatic nitrogens is 1. The number of halogens is 1. The number of pyridine rings is 1. The van der Waals surface area contributed by atoms with Gasteiger partial charge in [0.1, 0.15) is 5.82 Å². The van der Waals surface area contributed by atoms with Gasteiger partial charge in [0.2, 0.25) is 0 Å². The van der Waals surface area contributed by atoms with Gasteiger partial charge in [0.05, 0.1) is 5.02 Å². The molecule has 0 radical (unpaired) electrons. The molecule has 1 aromatic heterocycles. The van der Waals surface area contributed by atoms with E-state index in [1.807, 2.05) is 36.5 Å². The second kappa shape index (κ2) is 6.66. The third-order valence-corrected chi connectivity index (χ3v) is 4.02. The molecule has 0 saturated heterocycles. The van der Waals surface area contributed by atoms with Crippen molar-refractivity contribution in [1.82, 2.24) is 4.98 Å². The van der Waals surface area contributed by atoms with E-state index in [2.05, 4.69) is 23.3 Å². The number of nitrogens with zero attached hydrogens (tertiary/aromatic N) is 1. The third-order valence-electron chi connectivity index (χ3n) is 2.46. The molecule has 0 amide bonds. The predicted molar refractivity (Wildman–Crippen MR) is 79.4 cm³/mol. The molecule has 2 aromatic rings. The molecule has 94 valence electrons. The van der Waals surface area contributed by atoms with Crippen LogP contribution in [0.2, 0.25) is 5.02 Å². The van der Waals surface area contributed by atoms with Gasteiger partial charge < -0.3 is 5.32 Å². The summed E-state index contributed by atoms with van der Waals surface area (Å²) in [6.07, 6.45) is 1.81. The van der Waals surface area contributed by atoms with Crippen molar-refractivity contribution in [2.75, 3.05) is 11.9 Å². The smallest absolute Gasteiger partial charge is 0.129 e. The fraction of sp³-hybridized carbons (Fsp3) is 0.214. The van der Waals surface area contributed by atoms with Crippen molar-refractivity contribution in [1.29, 1.82) is 0 Å².